The summed E-state index contributed by atoms with van der Waals surface area (Å²) in [7, 11) is -3.18. The van der Waals surface area contributed by atoms with E-state index < -0.39 is 9.84 Å². The first kappa shape index (κ1) is 16.0. The lowest BCUT2D eigenvalue weighted by Gasteiger charge is -2.12. The highest BCUT2D eigenvalue weighted by Crippen LogP contribution is 2.19. The van der Waals surface area contributed by atoms with Gasteiger partial charge >= 0.3 is 0 Å². The zero-order chi connectivity index (χ0) is 16.1. The number of hydrogen-bond donors (Lipinski definition) is 0. The van der Waals surface area contributed by atoms with Crippen LogP contribution in [-0.2, 0) is 26.1 Å². The van der Waals surface area contributed by atoms with Crippen molar-refractivity contribution in [3.8, 4) is 5.75 Å². The molecule has 23 heavy (non-hydrogen) atoms. The Bertz CT molecular complexity index is 717. The van der Waals surface area contributed by atoms with E-state index in [-0.39, 0.29) is 17.6 Å². The van der Waals surface area contributed by atoms with Crippen LogP contribution in [-0.4, -0.2) is 27.7 Å². The molecule has 1 saturated heterocycles. The number of sulfone groups is 1. The molecule has 1 heterocycles. The summed E-state index contributed by atoms with van der Waals surface area (Å²) in [6.07, 6.45) is 0.996. The summed E-state index contributed by atoms with van der Waals surface area (Å²) >= 11 is 0. The molecular weight excluding hydrogens is 312 g/mol. The molecule has 1 aliphatic heterocycles. The van der Waals surface area contributed by atoms with Crippen LogP contribution in [0.4, 0.5) is 0 Å². The first-order valence-electron chi connectivity index (χ1n) is 7.68. The summed E-state index contributed by atoms with van der Waals surface area (Å²) in [6, 6.07) is 16.5. The third kappa shape index (κ3) is 4.81. The van der Waals surface area contributed by atoms with E-state index in [0.717, 1.165) is 29.9 Å². The van der Waals surface area contributed by atoms with Crippen LogP contribution in [0.1, 0.15) is 17.5 Å². The highest BCUT2D eigenvalue weighted by Gasteiger charge is 2.17. The average molecular weight is 332 g/mol. The average Bonchev–Trinajstić information content (AvgIpc) is 3.02. The van der Waals surface area contributed by atoms with Gasteiger partial charge in [-0.25, -0.2) is 8.42 Å². The van der Waals surface area contributed by atoms with Gasteiger partial charge < -0.3 is 9.47 Å². The van der Waals surface area contributed by atoms with Crippen LogP contribution in [0.15, 0.2) is 54.6 Å². The Labute approximate surface area is 137 Å². The van der Waals surface area contributed by atoms with E-state index in [2.05, 4.69) is 0 Å². The second kappa shape index (κ2) is 7.15. The van der Waals surface area contributed by atoms with Crippen molar-refractivity contribution in [2.24, 2.45) is 0 Å². The predicted molar refractivity (Wildman–Crippen MR) is 89.1 cm³/mol. The van der Waals surface area contributed by atoms with E-state index in [9.17, 15) is 8.42 Å². The molecule has 1 aliphatic rings. The summed E-state index contributed by atoms with van der Waals surface area (Å²) in [5.41, 5.74) is 1.59. The topological polar surface area (TPSA) is 52.6 Å². The molecule has 1 atom stereocenters. The van der Waals surface area contributed by atoms with E-state index in [1.165, 1.54) is 0 Å². The van der Waals surface area contributed by atoms with Crippen LogP contribution in [0.3, 0.4) is 0 Å². The first-order chi connectivity index (χ1) is 11.1. The summed E-state index contributed by atoms with van der Waals surface area (Å²) in [4.78, 5) is 0. The quantitative estimate of drug-likeness (QED) is 0.816. The van der Waals surface area contributed by atoms with E-state index in [1.807, 2.05) is 54.6 Å². The molecular formula is C18H20O4S. The van der Waals surface area contributed by atoms with E-state index in [4.69, 9.17) is 9.47 Å². The minimum absolute atomic E-state index is 0.0364. The van der Waals surface area contributed by atoms with Gasteiger partial charge in [-0.2, -0.15) is 0 Å². The maximum Gasteiger partial charge on any atom is 0.158 e. The minimum atomic E-state index is -3.18. The highest BCUT2D eigenvalue weighted by molar-refractivity contribution is 7.89. The molecule has 0 bridgehead atoms. The van der Waals surface area contributed by atoms with Gasteiger partial charge in [0.25, 0.3) is 0 Å². The van der Waals surface area contributed by atoms with Crippen molar-refractivity contribution in [2.75, 3.05) is 13.2 Å². The summed E-state index contributed by atoms with van der Waals surface area (Å²) < 4.78 is 35.6. The molecule has 0 radical (unpaired) electrons. The first-order valence-corrected chi connectivity index (χ1v) is 9.50. The predicted octanol–water partition coefficient (Wildman–Crippen LogP) is 2.97. The monoisotopic (exact) mass is 332 g/mol. The molecule has 1 unspecified atom stereocenters. The number of ether oxygens (including phenoxy) is 2. The normalized spacial score (nSPS) is 18.0. The molecule has 4 nitrogen and oxygen atoms in total. The van der Waals surface area contributed by atoms with Crippen molar-refractivity contribution in [1.82, 2.24) is 0 Å². The van der Waals surface area contributed by atoms with Crippen LogP contribution in [0.25, 0.3) is 0 Å². The Balaban J connectivity index is 1.60. The van der Waals surface area contributed by atoms with Gasteiger partial charge in [0, 0.05) is 6.42 Å². The zero-order valence-corrected chi connectivity index (χ0v) is 13.7. The smallest absolute Gasteiger partial charge is 0.158 e. The summed E-state index contributed by atoms with van der Waals surface area (Å²) in [5.74, 6) is 0.852. The molecule has 0 saturated carbocycles. The van der Waals surface area contributed by atoms with Crippen molar-refractivity contribution in [3.05, 3.63) is 65.7 Å². The van der Waals surface area contributed by atoms with Crippen molar-refractivity contribution in [1.29, 1.82) is 0 Å². The van der Waals surface area contributed by atoms with Gasteiger partial charge in [-0.15, -0.1) is 0 Å². The Kier molecular flexibility index (Phi) is 4.98. The third-order valence-corrected chi connectivity index (χ3v) is 5.28. The molecule has 2 aromatic rings. The molecule has 0 amide bonds. The number of benzene rings is 2. The summed E-state index contributed by atoms with van der Waals surface area (Å²) in [5, 5.41) is 0. The molecule has 1 fully saturated rings. The van der Waals surface area contributed by atoms with Crippen LogP contribution in [0, 0.1) is 0 Å². The van der Waals surface area contributed by atoms with Crippen molar-refractivity contribution < 1.29 is 17.9 Å². The fourth-order valence-electron chi connectivity index (χ4n) is 2.60. The van der Waals surface area contributed by atoms with E-state index in [0.29, 0.717) is 6.61 Å². The zero-order valence-electron chi connectivity index (χ0n) is 12.9. The number of rotatable bonds is 6. The maximum atomic E-state index is 12.3. The SMILES string of the molecule is O=S(=O)(Cc1ccccc1)Cc1ccc(OC2CCOC2)cc1. The second-order valence-corrected chi connectivity index (χ2v) is 7.83. The van der Waals surface area contributed by atoms with Crippen molar-refractivity contribution >= 4 is 9.84 Å². The Morgan fingerprint density at radius 1 is 0.957 bits per heavy atom. The lowest BCUT2D eigenvalue weighted by molar-refractivity contribution is 0.141. The fraction of sp³-hybridized carbons (Fsp3) is 0.333. The third-order valence-electron chi connectivity index (χ3n) is 3.73. The van der Waals surface area contributed by atoms with E-state index >= 15 is 0 Å². The molecule has 122 valence electrons. The number of hydrogen-bond acceptors (Lipinski definition) is 4. The fourth-order valence-corrected chi connectivity index (χ4v) is 4.10. The van der Waals surface area contributed by atoms with Crippen LogP contribution < -0.4 is 4.74 Å². The standard InChI is InChI=1S/C18H20O4S/c19-23(20,13-15-4-2-1-3-5-15)14-16-6-8-17(9-7-16)22-18-10-11-21-12-18/h1-9,18H,10-14H2. The van der Waals surface area contributed by atoms with Gasteiger partial charge in [0.2, 0.25) is 0 Å². The van der Waals surface area contributed by atoms with Gasteiger partial charge in [0.15, 0.2) is 9.84 Å². The largest absolute Gasteiger partial charge is 0.488 e. The molecule has 0 N–H and O–H groups in total. The Morgan fingerprint density at radius 2 is 1.61 bits per heavy atom. The molecule has 3 rings (SSSR count). The van der Waals surface area contributed by atoms with Crippen molar-refractivity contribution in [3.63, 3.8) is 0 Å². The van der Waals surface area contributed by atoms with Gasteiger partial charge in [-0.1, -0.05) is 42.5 Å². The second-order valence-electron chi connectivity index (χ2n) is 5.77. The lowest BCUT2D eigenvalue weighted by atomic mass is 10.2. The van der Waals surface area contributed by atoms with Crippen molar-refractivity contribution in [2.45, 2.75) is 24.0 Å². The molecule has 0 spiro atoms. The van der Waals surface area contributed by atoms with E-state index in [1.54, 1.807) is 0 Å². The highest BCUT2D eigenvalue weighted by atomic mass is 32.2. The minimum Gasteiger partial charge on any atom is -0.488 e. The molecule has 0 aliphatic carbocycles. The van der Waals surface area contributed by atoms with Gasteiger partial charge in [-0.3, -0.25) is 0 Å². The van der Waals surface area contributed by atoms with Crippen LogP contribution in [0.2, 0.25) is 0 Å². The Hall–Kier alpha value is -1.85. The molecule has 2 aromatic carbocycles. The summed E-state index contributed by atoms with van der Waals surface area (Å²) in [6.45, 7) is 1.35. The molecule has 5 heteroatoms. The Morgan fingerprint density at radius 3 is 2.22 bits per heavy atom. The maximum absolute atomic E-state index is 12.3. The van der Waals surface area contributed by atoms with Gasteiger partial charge in [0.1, 0.15) is 11.9 Å². The lowest BCUT2D eigenvalue weighted by Crippen LogP contribution is -2.15. The van der Waals surface area contributed by atoms with Gasteiger partial charge in [-0.05, 0) is 23.3 Å². The van der Waals surface area contributed by atoms with Crippen LogP contribution >= 0.6 is 0 Å². The molecule has 0 aromatic heterocycles. The van der Waals surface area contributed by atoms with Gasteiger partial charge in [0.05, 0.1) is 24.7 Å². The van der Waals surface area contributed by atoms with Crippen LogP contribution in [0.5, 0.6) is 5.75 Å².